The molecule has 21 heavy (non-hydrogen) atoms. The predicted molar refractivity (Wildman–Crippen MR) is 86.9 cm³/mol. The van der Waals surface area contributed by atoms with Crippen molar-refractivity contribution in [2.24, 2.45) is 5.73 Å². The molecule has 1 amide bonds. The van der Waals surface area contributed by atoms with E-state index < -0.39 is 6.04 Å². The number of benzene rings is 1. The lowest BCUT2D eigenvalue weighted by Crippen LogP contribution is -2.32. The van der Waals surface area contributed by atoms with Gasteiger partial charge in [0.15, 0.2) is 0 Å². The molecular weight excluding hydrogens is 292 g/mol. The first kappa shape index (κ1) is 19.9. The molecular formula is C15H25ClN2O3. The van der Waals surface area contributed by atoms with Gasteiger partial charge in [0.25, 0.3) is 0 Å². The number of hydrogen-bond acceptors (Lipinski definition) is 4. The number of nitrogens with one attached hydrogen (secondary N) is 1. The van der Waals surface area contributed by atoms with Crippen LogP contribution in [0.5, 0.6) is 0 Å². The minimum Gasteiger partial charge on any atom is -0.379 e. The standard InChI is InChI=1S/C15H24N2O3.ClH/c1-4-19-8-9-20-10-13-6-5-7-14(11(13)2)17-15(18)12(3)16;/h5-7,12H,4,8-10,16H2,1-3H3,(H,17,18);1H/t12-;/m0./s1. The normalized spacial score (nSPS) is 11.6. The molecule has 0 unspecified atom stereocenters. The van der Waals surface area contributed by atoms with Crippen LogP contribution in [0.4, 0.5) is 5.69 Å². The van der Waals surface area contributed by atoms with Crippen LogP contribution >= 0.6 is 12.4 Å². The third kappa shape index (κ3) is 6.91. The van der Waals surface area contributed by atoms with Gasteiger partial charge in [0, 0.05) is 12.3 Å². The maximum atomic E-state index is 11.6. The topological polar surface area (TPSA) is 73.6 Å². The van der Waals surface area contributed by atoms with Crippen LogP contribution in [-0.2, 0) is 20.9 Å². The second-order valence-electron chi connectivity index (χ2n) is 4.62. The second kappa shape index (κ2) is 10.6. The summed E-state index contributed by atoms with van der Waals surface area (Å²) in [5.74, 6) is -0.192. The average Bonchev–Trinajstić information content (AvgIpc) is 2.42. The molecule has 3 N–H and O–H groups in total. The van der Waals surface area contributed by atoms with Gasteiger partial charge in [-0.2, -0.15) is 0 Å². The van der Waals surface area contributed by atoms with E-state index in [1.165, 1.54) is 0 Å². The van der Waals surface area contributed by atoms with Crippen LogP contribution in [0, 0.1) is 6.92 Å². The van der Waals surface area contributed by atoms with Crippen molar-refractivity contribution in [2.75, 3.05) is 25.1 Å². The van der Waals surface area contributed by atoms with Crippen LogP contribution in [-0.4, -0.2) is 31.8 Å². The van der Waals surface area contributed by atoms with Crippen LogP contribution < -0.4 is 11.1 Å². The summed E-state index contributed by atoms with van der Waals surface area (Å²) in [5, 5.41) is 2.82. The van der Waals surface area contributed by atoms with E-state index in [0.717, 1.165) is 16.8 Å². The van der Waals surface area contributed by atoms with E-state index in [2.05, 4.69) is 5.32 Å². The van der Waals surface area contributed by atoms with Gasteiger partial charge in [-0.3, -0.25) is 4.79 Å². The Bertz CT molecular complexity index is 439. The minimum absolute atomic E-state index is 0. The second-order valence-corrected chi connectivity index (χ2v) is 4.62. The lowest BCUT2D eigenvalue weighted by Gasteiger charge is -2.14. The molecule has 0 heterocycles. The number of carbonyl (C=O) groups excluding carboxylic acids is 1. The molecule has 1 atom stereocenters. The Hall–Kier alpha value is -1.14. The van der Waals surface area contributed by atoms with E-state index in [1.807, 2.05) is 32.0 Å². The number of amides is 1. The summed E-state index contributed by atoms with van der Waals surface area (Å²) in [6.45, 7) is 7.92. The molecule has 0 bridgehead atoms. The number of ether oxygens (including phenoxy) is 2. The number of anilines is 1. The van der Waals surface area contributed by atoms with Crippen molar-refractivity contribution in [1.29, 1.82) is 0 Å². The number of halogens is 1. The smallest absolute Gasteiger partial charge is 0.241 e. The summed E-state index contributed by atoms with van der Waals surface area (Å²) in [6.07, 6.45) is 0. The van der Waals surface area contributed by atoms with Crippen LogP contribution in [0.25, 0.3) is 0 Å². The summed E-state index contributed by atoms with van der Waals surface area (Å²) in [4.78, 5) is 11.6. The predicted octanol–water partition coefficient (Wildman–Crippen LogP) is 2.26. The largest absolute Gasteiger partial charge is 0.379 e. The Labute approximate surface area is 132 Å². The zero-order valence-corrected chi connectivity index (χ0v) is 13.7. The van der Waals surface area contributed by atoms with Crippen LogP contribution in [0.3, 0.4) is 0 Å². The number of hydrogen-bond donors (Lipinski definition) is 2. The van der Waals surface area contributed by atoms with Gasteiger partial charge in [0.05, 0.1) is 25.9 Å². The van der Waals surface area contributed by atoms with Crippen LogP contribution in [0.15, 0.2) is 18.2 Å². The molecule has 1 aromatic carbocycles. The summed E-state index contributed by atoms with van der Waals surface area (Å²) in [6, 6.07) is 5.21. The maximum absolute atomic E-state index is 11.6. The first-order valence-electron chi connectivity index (χ1n) is 6.86. The molecule has 6 heteroatoms. The van der Waals surface area contributed by atoms with E-state index in [9.17, 15) is 4.79 Å². The Morgan fingerprint density at radius 2 is 2.00 bits per heavy atom. The molecule has 0 saturated heterocycles. The fourth-order valence-corrected chi connectivity index (χ4v) is 1.67. The van der Waals surface area contributed by atoms with Crippen molar-refractivity contribution < 1.29 is 14.3 Å². The zero-order valence-electron chi connectivity index (χ0n) is 12.8. The highest BCUT2D eigenvalue weighted by molar-refractivity contribution is 5.95. The summed E-state index contributed by atoms with van der Waals surface area (Å²) in [5.41, 5.74) is 8.37. The molecule has 0 aliphatic heterocycles. The SMILES string of the molecule is CCOCCOCc1cccc(NC(=O)[C@H](C)N)c1C.Cl. The van der Waals surface area contributed by atoms with E-state index in [4.69, 9.17) is 15.2 Å². The van der Waals surface area contributed by atoms with Crippen molar-refractivity contribution in [3.63, 3.8) is 0 Å². The highest BCUT2D eigenvalue weighted by Gasteiger charge is 2.10. The summed E-state index contributed by atoms with van der Waals surface area (Å²) < 4.78 is 10.8. The first-order valence-corrected chi connectivity index (χ1v) is 6.86. The third-order valence-electron chi connectivity index (χ3n) is 2.95. The number of nitrogens with two attached hydrogens (primary N) is 1. The van der Waals surface area contributed by atoms with Gasteiger partial charge in [0.1, 0.15) is 0 Å². The van der Waals surface area contributed by atoms with Gasteiger partial charge in [-0.1, -0.05) is 12.1 Å². The Kier molecular flexibility index (Phi) is 9.99. The van der Waals surface area contributed by atoms with E-state index in [0.29, 0.717) is 26.4 Å². The van der Waals surface area contributed by atoms with E-state index in [1.54, 1.807) is 6.92 Å². The van der Waals surface area contributed by atoms with Gasteiger partial charge >= 0.3 is 0 Å². The number of rotatable bonds is 8. The highest BCUT2D eigenvalue weighted by atomic mass is 35.5. The van der Waals surface area contributed by atoms with Crippen molar-refractivity contribution in [3.05, 3.63) is 29.3 Å². The van der Waals surface area contributed by atoms with E-state index in [-0.39, 0.29) is 18.3 Å². The van der Waals surface area contributed by atoms with Crippen LogP contribution in [0.2, 0.25) is 0 Å². The zero-order chi connectivity index (χ0) is 15.0. The molecule has 0 fully saturated rings. The number of carbonyl (C=O) groups is 1. The summed E-state index contributed by atoms with van der Waals surface area (Å²) >= 11 is 0. The summed E-state index contributed by atoms with van der Waals surface area (Å²) in [7, 11) is 0. The quantitative estimate of drug-likeness (QED) is 0.721. The monoisotopic (exact) mass is 316 g/mol. The van der Waals surface area contributed by atoms with Crippen molar-refractivity contribution in [3.8, 4) is 0 Å². The minimum atomic E-state index is -0.527. The van der Waals surface area contributed by atoms with Crippen molar-refractivity contribution in [1.82, 2.24) is 0 Å². The van der Waals surface area contributed by atoms with Crippen LogP contribution in [0.1, 0.15) is 25.0 Å². The molecule has 0 radical (unpaired) electrons. The molecule has 120 valence electrons. The Morgan fingerprint density at radius 3 is 2.62 bits per heavy atom. The van der Waals surface area contributed by atoms with E-state index >= 15 is 0 Å². The van der Waals surface area contributed by atoms with Gasteiger partial charge in [-0.15, -0.1) is 12.4 Å². The van der Waals surface area contributed by atoms with Crippen molar-refractivity contribution >= 4 is 24.0 Å². The van der Waals surface area contributed by atoms with Gasteiger partial charge < -0.3 is 20.5 Å². The molecule has 0 aliphatic rings. The highest BCUT2D eigenvalue weighted by Crippen LogP contribution is 2.19. The molecule has 1 aromatic rings. The lowest BCUT2D eigenvalue weighted by molar-refractivity contribution is -0.117. The average molecular weight is 317 g/mol. The molecule has 1 rings (SSSR count). The molecule has 0 aliphatic carbocycles. The maximum Gasteiger partial charge on any atom is 0.241 e. The fourth-order valence-electron chi connectivity index (χ4n) is 1.67. The van der Waals surface area contributed by atoms with Crippen molar-refractivity contribution in [2.45, 2.75) is 33.4 Å². The van der Waals surface area contributed by atoms with Gasteiger partial charge in [-0.05, 0) is 38.0 Å². The molecule has 0 saturated carbocycles. The molecule has 0 aromatic heterocycles. The lowest BCUT2D eigenvalue weighted by atomic mass is 10.1. The molecule has 5 nitrogen and oxygen atoms in total. The van der Waals surface area contributed by atoms with Gasteiger partial charge in [0.2, 0.25) is 5.91 Å². The third-order valence-corrected chi connectivity index (χ3v) is 2.95. The Balaban J connectivity index is 0.00000400. The Morgan fingerprint density at radius 1 is 1.33 bits per heavy atom. The fraction of sp³-hybridized carbons (Fsp3) is 0.533. The van der Waals surface area contributed by atoms with Gasteiger partial charge in [-0.25, -0.2) is 0 Å². The molecule has 0 spiro atoms. The first-order chi connectivity index (χ1) is 9.56.